The van der Waals surface area contributed by atoms with Gasteiger partial charge >= 0.3 is 0 Å². The number of hydrogen-bond acceptors (Lipinski definition) is 6. The quantitative estimate of drug-likeness (QED) is 0.272. The molecule has 194 valence electrons. The van der Waals surface area contributed by atoms with Gasteiger partial charge in [0.05, 0.1) is 17.8 Å². The summed E-state index contributed by atoms with van der Waals surface area (Å²) < 4.78 is 15.1. The van der Waals surface area contributed by atoms with Crippen molar-refractivity contribution in [3.8, 4) is 11.1 Å². The maximum absolute atomic E-state index is 15.1. The molecule has 0 aliphatic carbocycles. The Bertz CT molecular complexity index is 1470. The average Bonchev–Trinajstić information content (AvgIpc) is 2.94. The zero-order valence-corrected chi connectivity index (χ0v) is 21.0. The van der Waals surface area contributed by atoms with E-state index in [1.165, 1.54) is 6.08 Å². The Hall–Kier alpha value is -4.14. The SMILES string of the molecule is C=CC(=O)Nc1cccc(-c2cccc3cnc(Nc4ccc(C5CCN(CCO)CC5)cc4F)nc23)c1. The zero-order chi connectivity index (χ0) is 26.5. The Morgan fingerprint density at radius 1 is 1.13 bits per heavy atom. The fourth-order valence-electron chi connectivity index (χ4n) is 4.95. The molecule has 1 saturated heterocycles. The third kappa shape index (κ3) is 5.72. The highest BCUT2D eigenvalue weighted by Gasteiger charge is 2.21. The number of rotatable bonds is 8. The Morgan fingerprint density at radius 2 is 1.95 bits per heavy atom. The van der Waals surface area contributed by atoms with Crippen LogP contribution in [0.1, 0.15) is 24.3 Å². The van der Waals surface area contributed by atoms with E-state index in [1.54, 1.807) is 18.3 Å². The number of halogens is 1. The zero-order valence-electron chi connectivity index (χ0n) is 21.0. The number of nitrogens with one attached hydrogen (secondary N) is 2. The monoisotopic (exact) mass is 511 g/mol. The minimum Gasteiger partial charge on any atom is -0.395 e. The summed E-state index contributed by atoms with van der Waals surface area (Å²) in [5, 5.41) is 15.8. The van der Waals surface area contributed by atoms with Gasteiger partial charge < -0.3 is 20.6 Å². The first-order valence-corrected chi connectivity index (χ1v) is 12.7. The number of likely N-dealkylation sites (tertiary alicyclic amines) is 1. The first-order chi connectivity index (χ1) is 18.5. The van der Waals surface area contributed by atoms with Crippen LogP contribution in [-0.4, -0.2) is 52.1 Å². The fourth-order valence-corrected chi connectivity index (χ4v) is 4.95. The third-order valence-corrected chi connectivity index (χ3v) is 6.95. The van der Waals surface area contributed by atoms with E-state index < -0.39 is 0 Å². The molecular formula is C30H30FN5O2. The van der Waals surface area contributed by atoms with E-state index in [4.69, 9.17) is 10.1 Å². The first-order valence-electron chi connectivity index (χ1n) is 12.7. The molecule has 5 rings (SSSR count). The number of benzene rings is 3. The molecule has 2 heterocycles. The Morgan fingerprint density at radius 3 is 2.71 bits per heavy atom. The van der Waals surface area contributed by atoms with Crippen molar-refractivity contribution in [1.29, 1.82) is 0 Å². The minimum absolute atomic E-state index is 0.165. The molecule has 0 spiro atoms. The summed E-state index contributed by atoms with van der Waals surface area (Å²) in [6.45, 7) is 6.16. The lowest BCUT2D eigenvalue weighted by molar-refractivity contribution is -0.111. The lowest BCUT2D eigenvalue weighted by Crippen LogP contribution is -2.34. The molecule has 1 amide bonds. The highest BCUT2D eigenvalue weighted by Crippen LogP contribution is 2.32. The largest absolute Gasteiger partial charge is 0.395 e. The van der Waals surface area contributed by atoms with Gasteiger partial charge in [-0.25, -0.2) is 14.4 Å². The number of carbonyl (C=O) groups is 1. The summed E-state index contributed by atoms with van der Waals surface area (Å²) in [5.41, 5.74) is 4.41. The van der Waals surface area contributed by atoms with Gasteiger partial charge in [-0.3, -0.25) is 4.79 Å². The van der Waals surface area contributed by atoms with Gasteiger partial charge in [-0.1, -0.05) is 43.0 Å². The van der Waals surface area contributed by atoms with Crippen molar-refractivity contribution in [1.82, 2.24) is 14.9 Å². The molecule has 8 heteroatoms. The lowest BCUT2D eigenvalue weighted by atomic mass is 9.89. The third-order valence-electron chi connectivity index (χ3n) is 6.95. The van der Waals surface area contributed by atoms with Crippen LogP contribution in [0.4, 0.5) is 21.7 Å². The Kier molecular flexibility index (Phi) is 7.72. The van der Waals surface area contributed by atoms with Crippen LogP contribution in [0.25, 0.3) is 22.0 Å². The van der Waals surface area contributed by atoms with E-state index in [9.17, 15) is 4.79 Å². The van der Waals surface area contributed by atoms with Gasteiger partial charge in [0.1, 0.15) is 5.82 Å². The number of β-amino-alcohol motifs (C(OH)–C–C–N with tert-alkyl or cyclic N) is 1. The molecule has 1 aliphatic heterocycles. The number of carbonyl (C=O) groups excluding carboxylic acids is 1. The summed E-state index contributed by atoms with van der Waals surface area (Å²) in [6, 6.07) is 18.6. The van der Waals surface area contributed by atoms with Crippen molar-refractivity contribution >= 4 is 34.1 Å². The second-order valence-corrected chi connectivity index (χ2v) is 9.42. The fraction of sp³-hybridized carbons (Fsp3) is 0.233. The van der Waals surface area contributed by atoms with E-state index in [-0.39, 0.29) is 18.3 Å². The maximum atomic E-state index is 15.1. The van der Waals surface area contributed by atoms with Crippen molar-refractivity contribution in [2.75, 3.05) is 36.9 Å². The van der Waals surface area contributed by atoms with E-state index in [2.05, 4.69) is 27.1 Å². The van der Waals surface area contributed by atoms with Gasteiger partial charge in [0, 0.05) is 29.4 Å². The molecule has 0 radical (unpaired) electrons. The van der Waals surface area contributed by atoms with Crippen molar-refractivity contribution < 1.29 is 14.3 Å². The Labute approximate surface area is 221 Å². The van der Waals surface area contributed by atoms with Gasteiger partial charge in [0.15, 0.2) is 0 Å². The molecule has 3 N–H and O–H groups in total. The number of fused-ring (bicyclic) bond motifs is 1. The molecule has 0 unspecified atom stereocenters. The molecule has 0 saturated carbocycles. The predicted octanol–water partition coefficient (Wildman–Crippen LogP) is 5.48. The number of para-hydroxylation sites is 1. The van der Waals surface area contributed by atoms with Crippen LogP contribution in [-0.2, 0) is 4.79 Å². The molecule has 1 aromatic heterocycles. The van der Waals surface area contributed by atoms with Gasteiger partial charge in [0.25, 0.3) is 0 Å². The second-order valence-electron chi connectivity index (χ2n) is 9.42. The van der Waals surface area contributed by atoms with Crippen molar-refractivity contribution in [3.63, 3.8) is 0 Å². The van der Waals surface area contributed by atoms with Crippen LogP contribution in [0.2, 0.25) is 0 Å². The molecular weight excluding hydrogens is 481 g/mol. The van der Waals surface area contributed by atoms with E-state index >= 15 is 4.39 Å². The number of hydrogen-bond donors (Lipinski definition) is 3. The van der Waals surface area contributed by atoms with Crippen LogP contribution in [0.5, 0.6) is 0 Å². The normalized spacial score (nSPS) is 14.4. The molecule has 4 aromatic rings. The number of amides is 1. The standard InChI is InChI=1S/C30H30FN5O2/c1-2-28(38)33-24-7-3-5-22(17-24)25-8-4-6-23-19-32-30(35-29(23)25)34-27-10-9-21(18-26(27)31)20-11-13-36(14-12-20)15-16-37/h2-10,17-20,37H,1,11-16H2,(H,33,38)(H,32,34,35). The molecule has 7 nitrogen and oxygen atoms in total. The smallest absolute Gasteiger partial charge is 0.247 e. The molecule has 0 atom stereocenters. The van der Waals surface area contributed by atoms with E-state index in [0.717, 1.165) is 48.0 Å². The molecule has 3 aromatic carbocycles. The maximum Gasteiger partial charge on any atom is 0.247 e. The summed E-state index contributed by atoms with van der Waals surface area (Å²) in [7, 11) is 0. The van der Waals surface area contributed by atoms with E-state index in [0.29, 0.717) is 35.3 Å². The highest BCUT2D eigenvalue weighted by atomic mass is 19.1. The second kappa shape index (κ2) is 11.5. The summed E-state index contributed by atoms with van der Waals surface area (Å²) in [4.78, 5) is 23.1. The Balaban J connectivity index is 1.37. The first kappa shape index (κ1) is 25.5. The number of piperidine rings is 1. The highest BCUT2D eigenvalue weighted by molar-refractivity contribution is 6.00. The van der Waals surface area contributed by atoms with Crippen LogP contribution in [0.15, 0.2) is 79.5 Å². The molecule has 38 heavy (non-hydrogen) atoms. The average molecular weight is 512 g/mol. The van der Waals surface area contributed by atoms with Gasteiger partial charge in [-0.2, -0.15) is 0 Å². The van der Waals surface area contributed by atoms with Gasteiger partial charge in [0.2, 0.25) is 11.9 Å². The summed E-state index contributed by atoms with van der Waals surface area (Å²) >= 11 is 0. The van der Waals surface area contributed by atoms with Crippen LogP contribution >= 0.6 is 0 Å². The summed E-state index contributed by atoms with van der Waals surface area (Å²) in [5.74, 6) is -0.0259. The minimum atomic E-state index is -0.345. The lowest BCUT2D eigenvalue weighted by Gasteiger charge is -2.31. The molecule has 1 fully saturated rings. The molecule has 0 bridgehead atoms. The van der Waals surface area contributed by atoms with Crippen LogP contribution in [0.3, 0.4) is 0 Å². The number of aliphatic hydroxyl groups is 1. The van der Waals surface area contributed by atoms with Crippen molar-refractivity contribution in [2.45, 2.75) is 18.8 Å². The van der Waals surface area contributed by atoms with Crippen molar-refractivity contribution in [2.24, 2.45) is 0 Å². The van der Waals surface area contributed by atoms with E-state index in [1.807, 2.05) is 48.5 Å². The number of aliphatic hydroxyl groups excluding tert-OH is 1. The topological polar surface area (TPSA) is 90.4 Å². The summed E-state index contributed by atoms with van der Waals surface area (Å²) in [6.07, 6.45) is 4.83. The number of nitrogens with zero attached hydrogens (tertiary/aromatic N) is 3. The van der Waals surface area contributed by atoms with Crippen molar-refractivity contribution in [3.05, 3.63) is 90.9 Å². The van der Waals surface area contributed by atoms with Crippen LogP contribution < -0.4 is 10.6 Å². The number of anilines is 3. The van der Waals surface area contributed by atoms with Crippen LogP contribution in [0, 0.1) is 5.82 Å². The van der Waals surface area contributed by atoms with Gasteiger partial charge in [-0.05, 0) is 73.3 Å². The number of aromatic nitrogens is 2. The molecule has 1 aliphatic rings. The predicted molar refractivity (Wildman–Crippen MR) is 149 cm³/mol. The van der Waals surface area contributed by atoms with Gasteiger partial charge in [-0.15, -0.1) is 0 Å².